The smallest absolute Gasteiger partial charge is 0.254 e. The van der Waals surface area contributed by atoms with Crippen molar-refractivity contribution in [2.45, 2.75) is 13.8 Å². The summed E-state index contributed by atoms with van der Waals surface area (Å²) in [6.45, 7) is 5.49. The molecule has 0 bridgehead atoms. The fourth-order valence-electron chi connectivity index (χ4n) is 1.72. The summed E-state index contributed by atoms with van der Waals surface area (Å²) in [4.78, 5) is 13.9. The van der Waals surface area contributed by atoms with Gasteiger partial charge in [-0.15, -0.1) is 0 Å². The van der Waals surface area contributed by atoms with Crippen molar-refractivity contribution in [3.63, 3.8) is 0 Å². The van der Waals surface area contributed by atoms with Crippen molar-refractivity contribution in [3.05, 3.63) is 34.9 Å². The first-order valence-corrected chi connectivity index (χ1v) is 5.54. The molecule has 0 radical (unpaired) electrons. The highest BCUT2D eigenvalue weighted by molar-refractivity contribution is 5.96. The Morgan fingerprint density at radius 1 is 1.31 bits per heavy atom. The van der Waals surface area contributed by atoms with E-state index in [0.29, 0.717) is 0 Å². The molecular formula is C13H20N2O. The molecule has 1 rings (SSSR count). The van der Waals surface area contributed by atoms with E-state index in [9.17, 15) is 4.79 Å². The maximum atomic E-state index is 12.2. The second-order valence-corrected chi connectivity index (χ2v) is 4.10. The lowest BCUT2D eigenvalue weighted by Crippen LogP contribution is -2.33. The van der Waals surface area contributed by atoms with Gasteiger partial charge in [0.2, 0.25) is 0 Å². The molecule has 0 unspecified atom stereocenters. The number of carbonyl (C=O) groups excluding carboxylic acids is 1. The third-order valence-electron chi connectivity index (χ3n) is 2.74. The van der Waals surface area contributed by atoms with Crippen LogP contribution in [0.5, 0.6) is 0 Å². The minimum Gasteiger partial charge on any atom is -0.340 e. The molecule has 0 aromatic heterocycles. The predicted molar refractivity (Wildman–Crippen MR) is 66.8 cm³/mol. The van der Waals surface area contributed by atoms with Crippen molar-refractivity contribution in [2.75, 3.05) is 27.2 Å². The van der Waals surface area contributed by atoms with Gasteiger partial charge in [0.25, 0.3) is 5.91 Å². The van der Waals surface area contributed by atoms with E-state index in [1.54, 1.807) is 4.90 Å². The molecule has 1 aromatic rings. The van der Waals surface area contributed by atoms with Gasteiger partial charge in [0, 0.05) is 25.7 Å². The number of aryl methyl sites for hydroxylation is 2. The average molecular weight is 220 g/mol. The largest absolute Gasteiger partial charge is 0.340 e. The van der Waals surface area contributed by atoms with Gasteiger partial charge in [-0.2, -0.15) is 0 Å². The van der Waals surface area contributed by atoms with Crippen LogP contribution in [-0.4, -0.2) is 38.0 Å². The summed E-state index contributed by atoms with van der Waals surface area (Å²) in [7, 11) is 3.73. The summed E-state index contributed by atoms with van der Waals surface area (Å²) in [5.41, 5.74) is 2.92. The van der Waals surface area contributed by atoms with E-state index in [1.165, 1.54) is 0 Å². The van der Waals surface area contributed by atoms with Gasteiger partial charge < -0.3 is 10.2 Å². The summed E-state index contributed by atoms with van der Waals surface area (Å²) in [5, 5.41) is 3.04. The number of nitrogens with one attached hydrogen (secondary N) is 1. The Morgan fingerprint density at radius 3 is 2.38 bits per heavy atom. The van der Waals surface area contributed by atoms with Gasteiger partial charge in [-0.3, -0.25) is 4.79 Å². The van der Waals surface area contributed by atoms with Crippen LogP contribution in [0.15, 0.2) is 18.2 Å². The predicted octanol–water partition coefficient (Wildman–Crippen LogP) is 1.59. The number of amides is 1. The van der Waals surface area contributed by atoms with E-state index in [0.717, 1.165) is 29.8 Å². The third-order valence-corrected chi connectivity index (χ3v) is 2.74. The molecule has 0 aliphatic heterocycles. The molecule has 0 fully saturated rings. The molecule has 3 heteroatoms. The summed E-state index contributed by atoms with van der Waals surface area (Å²) < 4.78 is 0. The van der Waals surface area contributed by atoms with Crippen LogP contribution in [0.25, 0.3) is 0 Å². The second kappa shape index (κ2) is 5.66. The van der Waals surface area contributed by atoms with Crippen LogP contribution >= 0.6 is 0 Å². The first-order chi connectivity index (χ1) is 7.57. The molecule has 0 heterocycles. The maximum absolute atomic E-state index is 12.2. The first-order valence-electron chi connectivity index (χ1n) is 5.54. The Kier molecular flexibility index (Phi) is 4.50. The number of hydrogen-bond donors (Lipinski definition) is 1. The molecule has 1 aromatic carbocycles. The lowest BCUT2D eigenvalue weighted by molar-refractivity contribution is 0.0795. The number of carbonyl (C=O) groups is 1. The fraction of sp³-hybridized carbons (Fsp3) is 0.462. The summed E-state index contributed by atoms with van der Waals surface area (Å²) in [6.07, 6.45) is 0. The standard InChI is InChI=1S/C13H20N2O/c1-10-6-5-7-11(2)12(10)13(16)15(4)9-8-14-3/h5-7,14H,8-9H2,1-4H3. The Hall–Kier alpha value is -1.35. The fourth-order valence-corrected chi connectivity index (χ4v) is 1.72. The van der Waals surface area contributed by atoms with Crippen LogP contribution in [0, 0.1) is 13.8 Å². The van der Waals surface area contributed by atoms with E-state index >= 15 is 0 Å². The molecule has 0 aliphatic carbocycles. The van der Waals surface area contributed by atoms with Gasteiger partial charge >= 0.3 is 0 Å². The van der Waals surface area contributed by atoms with Crippen molar-refractivity contribution in [3.8, 4) is 0 Å². The second-order valence-electron chi connectivity index (χ2n) is 4.10. The highest BCUT2D eigenvalue weighted by Crippen LogP contribution is 2.14. The van der Waals surface area contributed by atoms with Crippen molar-refractivity contribution in [2.24, 2.45) is 0 Å². The van der Waals surface area contributed by atoms with Crippen molar-refractivity contribution < 1.29 is 4.79 Å². The van der Waals surface area contributed by atoms with Gasteiger partial charge in [0.05, 0.1) is 0 Å². The quantitative estimate of drug-likeness (QED) is 0.836. The zero-order valence-electron chi connectivity index (χ0n) is 10.5. The number of nitrogens with zero attached hydrogens (tertiary/aromatic N) is 1. The van der Waals surface area contributed by atoms with Crippen LogP contribution in [0.3, 0.4) is 0 Å². The highest BCUT2D eigenvalue weighted by atomic mass is 16.2. The minimum atomic E-state index is 0.103. The van der Waals surface area contributed by atoms with E-state index in [2.05, 4.69) is 5.32 Å². The maximum Gasteiger partial charge on any atom is 0.254 e. The molecule has 3 nitrogen and oxygen atoms in total. The first kappa shape index (κ1) is 12.7. The molecule has 0 spiro atoms. The molecule has 0 aliphatic rings. The Balaban J connectivity index is 2.87. The molecule has 0 saturated carbocycles. The minimum absolute atomic E-state index is 0.103. The molecule has 88 valence electrons. The Morgan fingerprint density at radius 2 is 1.88 bits per heavy atom. The number of rotatable bonds is 4. The molecule has 0 saturated heterocycles. The Bertz CT molecular complexity index is 354. The molecule has 1 N–H and O–H groups in total. The lowest BCUT2D eigenvalue weighted by atomic mass is 10.0. The van der Waals surface area contributed by atoms with Crippen LogP contribution in [0.4, 0.5) is 0 Å². The van der Waals surface area contributed by atoms with Gasteiger partial charge in [-0.05, 0) is 32.0 Å². The topological polar surface area (TPSA) is 32.3 Å². The van der Waals surface area contributed by atoms with Crippen molar-refractivity contribution >= 4 is 5.91 Å². The SMILES string of the molecule is CNCCN(C)C(=O)c1c(C)cccc1C. The van der Waals surface area contributed by atoms with Crippen LogP contribution in [-0.2, 0) is 0 Å². The van der Waals surface area contributed by atoms with Crippen LogP contribution in [0.1, 0.15) is 21.5 Å². The van der Waals surface area contributed by atoms with E-state index in [-0.39, 0.29) is 5.91 Å². The lowest BCUT2D eigenvalue weighted by Gasteiger charge is -2.19. The number of benzene rings is 1. The zero-order valence-corrected chi connectivity index (χ0v) is 10.5. The van der Waals surface area contributed by atoms with Crippen molar-refractivity contribution in [1.82, 2.24) is 10.2 Å². The zero-order chi connectivity index (χ0) is 12.1. The van der Waals surface area contributed by atoms with Crippen LogP contribution in [0.2, 0.25) is 0 Å². The van der Waals surface area contributed by atoms with E-state index < -0.39 is 0 Å². The van der Waals surface area contributed by atoms with Gasteiger partial charge in [0.1, 0.15) is 0 Å². The van der Waals surface area contributed by atoms with Gasteiger partial charge in [0.15, 0.2) is 0 Å². The van der Waals surface area contributed by atoms with Gasteiger partial charge in [-0.1, -0.05) is 18.2 Å². The highest BCUT2D eigenvalue weighted by Gasteiger charge is 2.15. The van der Waals surface area contributed by atoms with E-state index in [4.69, 9.17) is 0 Å². The van der Waals surface area contributed by atoms with Gasteiger partial charge in [-0.25, -0.2) is 0 Å². The monoisotopic (exact) mass is 220 g/mol. The molecule has 1 amide bonds. The summed E-state index contributed by atoms with van der Waals surface area (Å²) >= 11 is 0. The number of hydrogen-bond acceptors (Lipinski definition) is 2. The van der Waals surface area contributed by atoms with Crippen LogP contribution < -0.4 is 5.32 Å². The molecular weight excluding hydrogens is 200 g/mol. The third kappa shape index (κ3) is 2.83. The average Bonchev–Trinajstić information content (AvgIpc) is 2.25. The number of likely N-dealkylation sites (N-methyl/N-ethyl adjacent to an activating group) is 2. The molecule has 0 atom stereocenters. The summed E-state index contributed by atoms with van der Waals surface area (Å²) in [5.74, 6) is 0.103. The Labute approximate surface area is 97.5 Å². The summed E-state index contributed by atoms with van der Waals surface area (Å²) in [6, 6.07) is 5.94. The normalized spacial score (nSPS) is 10.2. The van der Waals surface area contributed by atoms with Crippen molar-refractivity contribution in [1.29, 1.82) is 0 Å². The molecule has 16 heavy (non-hydrogen) atoms. The van der Waals surface area contributed by atoms with E-state index in [1.807, 2.05) is 46.1 Å².